The Morgan fingerprint density at radius 1 is 1.16 bits per heavy atom. The van der Waals surface area contributed by atoms with Crippen LogP contribution in [0, 0.1) is 5.82 Å². The predicted octanol–water partition coefficient (Wildman–Crippen LogP) is 3.65. The molecule has 4 nitrogen and oxygen atoms in total. The molecule has 0 spiro atoms. The first kappa shape index (κ1) is 17.5. The normalized spacial score (nSPS) is 19.7. The third kappa shape index (κ3) is 3.69. The van der Waals surface area contributed by atoms with E-state index in [9.17, 15) is 14.0 Å². The van der Waals surface area contributed by atoms with E-state index < -0.39 is 17.8 Å². The lowest BCUT2D eigenvalue weighted by Crippen LogP contribution is -2.43. The number of carbonyl (C=O) groups excluding carboxylic acids is 2. The van der Waals surface area contributed by atoms with Gasteiger partial charge in [0.2, 0.25) is 0 Å². The highest BCUT2D eigenvalue weighted by Gasteiger charge is 2.43. The van der Waals surface area contributed by atoms with Gasteiger partial charge in [0.25, 0.3) is 5.91 Å². The van der Waals surface area contributed by atoms with E-state index in [0.29, 0.717) is 11.3 Å². The van der Waals surface area contributed by atoms with Gasteiger partial charge in [-0.05, 0) is 36.8 Å². The van der Waals surface area contributed by atoms with E-state index in [4.69, 9.17) is 4.74 Å². The first-order valence-corrected chi connectivity index (χ1v) is 9.08. The van der Waals surface area contributed by atoms with Gasteiger partial charge in [-0.1, -0.05) is 30.3 Å². The highest BCUT2D eigenvalue weighted by atomic mass is 32.2. The molecule has 1 amide bonds. The van der Waals surface area contributed by atoms with Crippen LogP contribution in [0.2, 0.25) is 0 Å². The molecule has 0 N–H and O–H groups in total. The fourth-order valence-electron chi connectivity index (χ4n) is 2.79. The van der Waals surface area contributed by atoms with Crippen LogP contribution in [0.4, 0.5) is 4.39 Å². The molecule has 0 saturated carbocycles. The summed E-state index contributed by atoms with van der Waals surface area (Å²) in [5.74, 6) is -0.666. The second-order valence-electron chi connectivity index (χ2n) is 5.58. The Bertz CT molecular complexity index is 751. The fraction of sp³-hybridized carbons (Fsp3) is 0.263. The number of esters is 1. The number of rotatable bonds is 4. The zero-order chi connectivity index (χ0) is 17.8. The number of halogens is 1. The Morgan fingerprint density at radius 2 is 1.84 bits per heavy atom. The Kier molecular flexibility index (Phi) is 5.38. The summed E-state index contributed by atoms with van der Waals surface area (Å²) in [6.45, 7) is 2.00. The smallest absolute Gasteiger partial charge is 0.329 e. The molecule has 1 aliphatic rings. The molecule has 0 aromatic heterocycles. The summed E-state index contributed by atoms with van der Waals surface area (Å²) in [6, 6.07) is 14.2. The van der Waals surface area contributed by atoms with Crippen LogP contribution in [0.25, 0.3) is 0 Å². The topological polar surface area (TPSA) is 46.6 Å². The second kappa shape index (κ2) is 7.70. The van der Waals surface area contributed by atoms with Crippen LogP contribution < -0.4 is 0 Å². The van der Waals surface area contributed by atoms with Crippen molar-refractivity contribution in [2.75, 3.05) is 12.4 Å². The number of carbonyl (C=O) groups is 2. The van der Waals surface area contributed by atoms with Crippen LogP contribution >= 0.6 is 11.8 Å². The SMILES string of the molecule is CCOC(=O)C1CSC(c2ccccc2)N1C(=O)c1ccc(F)cc1. The van der Waals surface area contributed by atoms with E-state index in [2.05, 4.69) is 0 Å². The third-order valence-electron chi connectivity index (χ3n) is 3.97. The van der Waals surface area contributed by atoms with Crippen molar-refractivity contribution in [1.29, 1.82) is 0 Å². The van der Waals surface area contributed by atoms with Gasteiger partial charge in [-0.3, -0.25) is 4.79 Å². The molecule has 130 valence electrons. The number of benzene rings is 2. The molecular weight excluding hydrogens is 341 g/mol. The lowest BCUT2D eigenvalue weighted by atomic mass is 10.1. The number of thioether (sulfide) groups is 1. The first-order valence-electron chi connectivity index (χ1n) is 8.03. The van der Waals surface area contributed by atoms with E-state index in [-0.39, 0.29) is 17.9 Å². The summed E-state index contributed by atoms with van der Waals surface area (Å²) >= 11 is 1.52. The van der Waals surface area contributed by atoms with E-state index in [1.807, 2.05) is 30.3 Å². The number of hydrogen-bond donors (Lipinski definition) is 0. The predicted molar refractivity (Wildman–Crippen MR) is 94.6 cm³/mol. The summed E-state index contributed by atoms with van der Waals surface area (Å²) in [6.07, 6.45) is 0. The van der Waals surface area contributed by atoms with Crippen molar-refractivity contribution in [2.24, 2.45) is 0 Å². The van der Waals surface area contributed by atoms with Gasteiger partial charge in [0, 0.05) is 11.3 Å². The minimum absolute atomic E-state index is 0.259. The lowest BCUT2D eigenvalue weighted by Gasteiger charge is -2.28. The molecule has 2 aromatic rings. The van der Waals surface area contributed by atoms with Crippen molar-refractivity contribution in [3.63, 3.8) is 0 Å². The van der Waals surface area contributed by atoms with Crippen LogP contribution in [0.3, 0.4) is 0 Å². The molecule has 0 bridgehead atoms. The molecule has 0 aliphatic carbocycles. The van der Waals surface area contributed by atoms with E-state index in [0.717, 1.165) is 5.56 Å². The van der Waals surface area contributed by atoms with Crippen molar-refractivity contribution in [3.8, 4) is 0 Å². The summed E-state index contributed by atoms with van der Waals surface area (Å²) in [7, 11) is 0. The van der Waals surface area contributed by atoms with Gasteiger partial charge in [0.15, 0.2) is 0 Å². The Morgan fingerprint density at radius 3 is 2.48 bits per heavy atom. The van der Waals surface area contributed by atoms with Crippen molar-refractivity contribution < 1.29 is 18.7 Å². The van der Waals surface area contributed by atoms with E-state index in [1.54, 1.807) is 11.8 Å². The first-order chi connectivity index (χ1) is 12.1. The molecular formula is C19H18FNO3S. The average Bonchev–Trinajstić information content (AvgIpc) is 3.08. The van der Waals surface area contributed by atoms with Crippen LogP contribution in [-0.4, -0.2) is 35.2 Å². The van der Waals surface area contributed by atoms with Crippen molar-refractivity contribution in [3.05, 3.63) is 71.5 Å². The number of nitrogens with zero attached hydrogens (tertiary/aromatic N) is 1. The second-order valence-corrected chi connectivity index (χ2v) is 6.70. The lowest BCUT2D eigenvalue weighted by molar-refractivity contribution is -0.147. The highest BCUT2D eigenvalue weighted by molar-refractivity contribution is 7.99. The average molecular weight is 359 g/mol. The van der Waals surface area contributed by atoms with Gasteiger partial charge < -0.3 is 9.64 Å². The Balaban J connectivity index is 1.95. The Hall–Kier alpha value is -2.34. The van der Waals surface area contributed by atoms with Crippen LogP contribution in [-0.2, 0) is 9.53 Å². The number of hydrogen-bond acceptors (Lipinski definition) is 4. The fourth-order valence-corrected chi connectivity index (χ4v) is 4.20. The maximum atomic E-state index is 13.2. The Labute approximate surface area is 150 Å². The molecule has 2 aromatic carbocycles. The van der Waals surface area contributed by atoms with Gasteiger partial charge in [-0.25, -0.2) is 9.18 Å². The monoisotopic (exact) mass is 359 g/mol. The quantitative estimate of drug-likeness (QED) is 0.782. The molecule has 1 heterocycles. The molecule has 3 rings (SSSR count). The number of amides is 1. The maximum Gasteiger partial charge on any atom is 0.329 e. The molecule has 1 aliphatic heterocycles. The van der Waals surface area contributed by atoms with Crippen LogP contribution in [0.1, 0.15) is 28.2 Å². The zero-order valence-corrected chi connectivity index (χ0v) is 14.5. The highest BCUT2D eigenvalue weighted by Crippen LogP contribution is 2.42. The van der Waals surface area contributed by atoms with Gasteiger partial charge in [0.05, 0.1) is 6.61 Å². The van der Waals surface area contributed by atoms with Crippen molar-refractivity contribution >= 4 is 23.6 Å². The molecule has 6 heteroatoms. The molecule has 0 radical (unpaired) electrons. The zero-order valence-electron chi connectivity index (χ0n) is 13.7. The summed E-state index contributed by atoms with van der Waals surface area (Å²) in [4.78, 5) is 26.9. The number of ether oxygens (including phenoxy) is 1. The maximum absolute atomic E-state index is 13.2. The standard InChI is InChI=1S/C19H18FNO3S/c1-2-24-19(23)16-12-25-18(14-6-4-3-5-7-14)21(16)17(22)13-8-10-15(20)11-9-13/h3-11,16,18H,2,12H2,1H3. The molecule has 1 fully saturated rings. The minimum atomic E-state index is -0.660. The van der Waals surface area contributed by atoms with Gasteiger partial charge in [-0.2, -0.15) is 0 Å². The van der Waals surface area contributed by atoms with Gasteiger partial charge in [-0.15, -0.1) is 11.8 Å². The molecule has 1 saturated heterocycles. The summed E-state index contributed by atoms with van der Waals surface area (Å²) < 4.78 is 18.3. The minimum Gasteiger partial charge on any atom is -0.464 e. The van der Waals surface area contributed by atoms with Crippen molar-refractivity contribution in [2.45, 2.75) is 18.3 Å². The molecule has 2 atom stereocenters. The largest absolute Gasteiger partial charge is 0.464 e. The van der Waals surface area contributed by atoms with Gasteiger partial charge >= 0.3 is 5.97 Å². The van der Waals surface area contributed by atoms with E-state index in [1.165, 1.54) is 36.0 Å². The molecule has 25 heavy (non-hydrogen) atoms. The van der Waals surface area contributed by atoms with E-state index >= 15 is 0 Å². The third-order valence-corrected chi connectivity index (χ3v) is 5.29. The van der Waals surface area contributed by atoms with Crippen LogP contribution in [0.15, 0.2) is 54.6 Å². The molecule has 2 unspecified atom stereocenters. The van der Waals surface area contributed by atoms with Gasteiger partial charge in [0.1, 0.15) is 17.2 Å². The van der Waals surface area contributed by atoms with Crippen LogP contribution in [0.5, 0.6) is 0 Å². The summed E-state index contributed by atoms with van der Waals surface area (Å²) in [5.41, 5.74) is 1.29. The summed E-state index contributed by atoms with van der Waals surface area (Å²) in [5, 5.41) is -0.284. The van der Waals surface area contributed by atoms with Crippen molar-refractivity contribution in [1.82, 2.24) is 4.90 Å².